The van der Waals surface area contributed by atoms with Crippen molar-refractivity contribution in [3.8, 4) is 0 Å². The van der Waals surface area contributed by atoms with Gasteiger partial charge in [-0.3, -0.25) is 4.79 Å². The average Bonchev–Trinajstić information content (AvgIpc) is 3.31. The Morgan fingerprint density at radius 3 is 2.32 bits per heavy atom. The Balaban J connectivity index is 1.36. The highest BCUT2D eigenvalue weighted by Gasteiger charge is 2.26. The summed E-state index contributed by atoms with van der Waals surface area (Å²) in [6.07, 6.45) is 3.70. The number of fused-ring (bicyclic) bond motifs is 1. The number of nitrogens with zero attached hydrogens (tertiary/aromatic N) is 2. The van der Waals surface area contributed by atoms with E-state index in [1.165, 1.54) is 12.1 Å². The zero-order valence-corrected chi connectivity index (χ0v) is 25.5. The summed E-state index contributed by atoms with van der Waals surface area (Å²) in [4.78, 5) is 13.4. The molecule has 7 nitrogen and oxygen atoms in total. The van der Waals surface area contributed by atoms with Crippen LogP contribution < -0.4 is 10.1 Å². The van der Waals surface area contributed by atoms with Gasteiger partial charge >= 0.3 is 0 Å². The Bertz CT molecular complexity index is 1790. The highest BCUT2D eigenvalue weighted by molar-refractivity contribution is 14.1. The van der Waals surface area contributed by atoms with E-state index in [1.807, 2.05) is 85.1 Å². The van der Waals surface area contributed by atoms with Crippen molar-refractivity contribution in [2.75, 3.05) is 0 Å². The van der Waals surface area contributed by atoms with E-state index in [0.717, 1.165) is 31.2 Å². The molecule has 41 heavy (non-hydrogen) atoms. The van der Waals surface area contributed by atoms with Crippen LogP contribution in [0.1, 0.15) is 16.7 Å². The largest absolute Gasteiger partial charge is 0.342 e. The first-order chi connectivity index (χ1) is 19.8. The third-order valence-electron chi connectivity index (χ3n) is 6.48. The van der Waals surface area contributed by atoms with Gasteiger partial charge in [-0.05, 0) is 82.6 Å². The fraction of sp³-hybridized carbons (Fsp3) is 0.0968. The third kappa shape index (κ3) is 7.42. The normalized spacial score (nSPS) is 12.5. The second-order valence-corrected chi connectivity index (χ2v) is 12.8. The van der Waals surface area contributed by atoms with E-state index in [4.69, 9.17) is 11.6 Å². The zero-order chi connectivity index (χ0) is 28.8. The minimum atomic E-state index is -3.95. The summed E-state index contributed by atoms with van der Waals surface area (Å²) >= 11 is 8.15. The second-order valence-electron chi connectivity index (χ2n) is 9.41. The summed E-state index contributed by atoms with van der Waals surface area (Å²) < 4.78 is 31.8. The van der Waals surface area contributed by atoms with Crippen LogP contribution in [0.4, 0.5) is 0 Å². The van der Waals surface area contributed by atoms with Crippen molar-refractivity contribution in [1.82, 2.24) is 14.7 Å². The fourth-order valence-electron chi connectivity index (χ4n) is 4.45. The van der Waals surface area contributed by atoms with E-state index >= 15 is 0 Å². The molecule has 4 aromatic carbocycles. The van der Waals surface area contributed by atoms with Crippen molar-refractivity contribution in [3.05, 3.63) is 135 Å². The molecule has 0 unspecified atom stereocenters. The number of benzene rings is 4. The molecule has 0 saturated heterocycles. The van der Waals surface area contributed by atoms with E-state index < -0.39 is 22.0 Å². The van der Waals surface area contributed by atoms with Gasteiger partial charge in [-0.2, -0.15) is 9.82 Å². The lowest BCUT2D eigenvalue weighted by molar-refractivity contribution is -0.122. The quantitative estimate of drug-likeness (QED) is 0.107. The number of sulfonamides is 1. The summed E-state index contributed by atoms with van der Waals surface area (Å²) in [5.74, 6) is -0.566. The fourth-order valence-corrected chi connectivity index (χ4v) is 6.13. The van der Waals surface area contributed by atoms with Gasteiger partial charge in [0.25, 0.3) is 5.91 Å². The molecule has 0 saturated carbocycles. The van der Waals surface area contributed by atoms with Crippen LogP contribution >= 0.6 is 34.2 Å². The lowest BCUT2D eigenvalue weighted by Gasteiger charge is -2.17. The molecule has 0 spiro atoms. The number of hydrogen-bond donors (Lipinski definition) is 2. The van der Waals surface area contributed by atoms with Gasteiger partial charge in [-0.25, -0.2) is 13.8 Å². The van der Waals surface area contributed by atoms with Crippen LogP contribution in [0.5, 0.6) is 0 Å². The number of hydrogen-bond acceptors (Lipinski definition) is 4. The van der Waals surface area contributed by atoms with Gasteiger partial charge in [0, 0.05) is 37.8 Å². The summed E-state index contributed by atoms with van der Waals surface area (Å²) in [6, 6.07) is 30.2. The standard InChI is InChI=1S/C31H26ClIN4O3S/c32-25-12-10-23(11-13-25)20-37-21-24(28-8-4-5-9-30(28)37)19-34-35-31(38)29(18-22-6-2-1-3-7-22)36-41(39,40)27-16-14-26(33)15-17-27/h1-17,19,21,29,36H,18,20H2,(H,35,38)/b34-19-/t29-/m1/s1. The number of para-hydroxylation sites is 1. The lowest BCUT2D eigenvalue weighted by atomic mass is 10.1. The Morgan fingerprint density at radius 2 is 1.59 bits per heavy atom. The molecular formula is C31H26ClIN4O3S. The number of amides is 1. The molecule has 0 aliphatic heterocycles. The second kappa shape index (κ2) is 13.0. The molecular weight excluding hydrogens is 671 g/mol. The topological polar surface area (TPSA) is 92.6 Å². The van der Waals surface area contributed by atoms with Crippen molar-refractivity contribution < 1.29 is 13.2 Å². The first-order valence-electron chi connectivity index (χ1n) is 12.8. The molecule has 1 atom stereocenters. The molecule has 2 N–H and O–H groups in total. The molecule has 5 rings (SSSR count). The highest BCUT2D eigenvalue weighted by Crippen LogP contribution is 2.22. The predicted octanol–water partition coefficient (Wildman–Crippen LogP) is 5.99. The number of carbonyl (C=O) groups excluding carboxylic acids is 1. The molecule has 0 aliphatic carbocycles. The molecule has 1 heterocycles. The van der Waals surface area contributed by atoms with Crippen molar-refractivity contribution in [2.45, 2.75) is 23.9 Å². The average molecular weight is 697 g/mol. The number of aromatic nitrogens is 1. The van der Waals surface area contributed by atoms with Crippen LogP contribution in [0, 0.1) is 3.57 Å². The van der Waals surface area contributed by atoms with Gasteiger partial charge in [-0.1, -0.05) is 72.3 Å². The maximum absolute atomic E-state index is 13.3. The number of hydrazone groups is 1. The van der Waals surface area contributed by atoms with Gasteiger partial charge in [-0.15, -0.1) is 0 Å². The van der Waals surface area contributed by atoms with E-state index in [-0.39, 0.29) is 11.3 Å². The molecule has 0 bridgehead atoms. The Morgan fingerprint density at radius 1 is 0.902 bits per heavy atom. The molecule has 0 aliphatic rings. The lowest BCUT2D eigenvalue weighted by Crippen LogP contribution is -2.46. The molecule has 0 fully saturated rings. The van der Waals surface area contributed by atoms with Crippen LogP contribution in [0.15, 0.2) is 119 Å². The Kier molecular flexibility index (Phi) is 9.19. The van der Waals surface area contributed by atoms with Crippen LogP contribution in [0.25, 0.3) is 10.9 Å². The maximum atomic E-state index is 13.3. The maximum Gasteiger partial charge on any atom is 0.258 e. The van der Waals surface area contributed by atoms with Crippen molar-refractivity contribution in [1.29, 1.82) is 0 Å². The van der Waals surface area contributed by atoms with E-state index in [2.05, 4.69) is 42.4 Å². The first-order valence-corrected chi connectivity index (χ1v) is 15.7. The molecule has 1 aromatic heterocycles. The summed E-state index contributed by atoms with van der Waals surface area (Å²) in [5.41, 5.74) is 6.28. The zero-order valence-electron chi connectivity index (χ0n) is 21.7. The van der Waals surface area contributed by atoms with Crippen LogP contribution in [-0.2, 0) is 27.8 Å². The first kappa shape index (κ1) is 29.0. The SMILES string of the molecule is O=C(N/N=C\c1cn(Cc2ccc(Cl)cc2)c2ccccc12)[C@@H](Cc1ccccc1)NS(=O)(=O)c1ccc(I)cc1. The van der Waals surface area contributed by atoms with Gasteiger partial charge in [0.15, 0.2) is 0 Å². The molecule has 5 aromatic rings. The number of carbonyl (C=O) groups is 1. The predicted molar refractivity (Wildman–Crippen MR) is 172 cm³/mol. The Hall–Kier alpha value is -3.51. The smallest absolute Gasteiger partial charge is 0.258 e. The molecule has 1 amide bonds. The third-order valence-corrected chi connectivity index (χ3v) is 8.94. The Labute approximate surface area is 257 Å². The molecule has 0 radical (unpaired) electrons. The summed E-state index contributed by atoms with van der Waals surface area (Å²) in [7, 11) is -3.95. The van der Waals surface area contributed by atoms with E-state index in [0.29, 0.717) is 11.6 Å². The van der Waals surface area contributed by atoms with Crippen molar-refractivity contribution in [3.63, 3.8) is 0 Å². The summed E-state index contributed by atoms with van der Waals surface area (Å²) in [5, 5.41) is 5.86. The number of rotatable bonds is 10. The minimum absolute atomic E-state index is 0.0841. The van der Waals surface area contributed by atoms with Crippen LogP contribution in [0.2, 0.25) is 5.02 Å². The molecule has 208 valence electrons. The van der Waals surface area contributed by atoms with Gasteiger partial charge in [0.2, 0.25) is 10.0 Å². The van der Waals surface area contributed by atoms with Crippen molar-refractivity contribution >= 4 is 67.2 Å². The number of halogens is 2. The van der Waals surface area contributed by atoms with E-state index in [1.54, 1.807) is 18.3 Å². The van der Waals surface area contributed by atoms with Crippen LogP contribution in [-0.4, -0.2) is 31.1 Å². The summed E-state index contributed by atoms with van der Waals surface area (Å²) in [6.45, 7) is 0.636. The monoisotopic (exact) mass is 696 g/mol. The van der Waals surface area contributed by atoms with Gasteiger partial charge in [0.05, 0.1) is 11.1 Å². The minimum Gasteiger partial charge on any atom is -0.342 e. The van der Waals surface area contributed by atoms with Gasteiger partial charge in [0.1, 0.15) is 6.04 Å². The van der Waals surface area contributed by atoms with Crippen molar-refractivity contribution in [2.24, 2.45) is 5.10 Å². The number of nitrogens with one attached hydrogen (secondary N) is 2. The van der Waals surface area contributed by atoms with Gasteiger partial charge < -0.3 is 4.57 Å². The highest BCUT2D eigenvalue weighted by atomic mass is 127. The molecule has 10 heteroatoms. The van der Waals surface area contributed by atoms with Crippen LogP contribution in [0.3, 0.4) is 0 Å². The van der Waals surface area contributed by atoms with E-state index in [9.17, 15) is 13.2 Å².